The smallest absolute Gasteiger partial charge is 0.191 e. The van der Waals surface area contributed by atoms with Gasteiger partial charge in [-0.1, -0.05) is 34.1 Å². The van der Waals surface area contributed by atoms with Crippen molar-refractivity contribution in [1.29, 1.82) is 0 Å². The molecule has 0 amide bonds. The van der Waals surface area contributed by atoms with Crippen molar-refractivity contribution in [2.45, 2.75) is 90.5 Å². The maximum absolute atomic E-state index is 12.2. The van der Waals surface area contributed by atoms with Crippen LogP contribution in [0.4, 0.5) is 0 Å². The number of hydrogen-bond acceptors (Lipinski definition) is 3. The highest BCUT2D eigenvalue weighted by Crippen LogP contribution is 2.34. The van der Waals surface area contributed by atoms with Gasteiger partial charge in [0.1, 0.15) is 0 Å². The summed E-state index contributed by atoms with van der Waals surface area (Å²) in [6, 6.07) is 0.373. The molecule has 5 atom stereocenters. The van der Waals surface area contributed by atoms with Crippen molar-refractivity contribution in [3.05, 3.63) is 0 Å². The van der Waals surface area contributed by atoms with Crippen LogP contribution in [0.1, 0.15) is 73.1 Å². The van der Waals surface area contributed by atoms with Gasteiger partial charge < -0.3 is 15.4 Å². The molecule has 1 saturated carbocycles. The number of rotatable bonds is 6. The minimum absolute atomic E-state index is 0. The Hall–Kier alpha value is 0.110. The van der Waals surface area contributed by atoms with Gasteiger partial charge in [-0.05, 0) is 44.4 Å². The van der Waals surface area contributed by atoms with Crippen LogP contribution in [-0.2, 0) is 15.5 Å². The van der Waals surface area contributed by atoms with Crippen LogP contribution in [0.15, 0.2) is 4.99 Å². The SMILES string of the molecule is CCNC(=NCC1CCCOC1C(C)(C)C)NC1CCCC(S(=O)CC)C1.I. The average molecular weight is 528 g/mol. The summed E-state index contributed by atoms with van der Waals surface area (Å²) in [5.74, 6) is 2.14. The summed E-state index contributed by atoms with van der Waals surface area (Å²) in [5.41, 5.74) is 0.146. The largest absolute Gasteiger partial charge is 0.377 e. The van der Waals surface area contributed by atoms with Crippen LogP contribution >= 0.6 is 24.0 Å². The van der Waals surface area contributed by atoms with Gasteiger partial charge in [0, 0.05) is 53.5 Å². The van der Waals surface area contributed by atoms with Crippen molar-refractivity contribution in [2.75, 3.05) is 25.4 Å². The summed E-state index contributed by atoms with van der Waals surface area (Å²) in [6.45, 7) is 13.4. The van der Waals surface area contributed by atoms with Crippen LogP contribution < -0.4 is 10.6 Å². The van der Waals surface area contributed by atoms with Crippen LogP contribution in [0, 0.1) is 11.3 Å². The number of halogens is 1. The fourth-order valence-electron chi connectivity index (χ4n) is 4.46. The van der Waals surface area contributed by atoms with Gasteiger partial charge in [0.2, 0.25) is 0 Å². The Kier molecular flexibility index (Phi) is 11.9. The van der Waals surface area contributed by atoms with E-state index in [4.69, 9.17) is 9.73 Å². The molecule has 0 aromatic carbocycles. The molecule has 0 radical (unpaired) electrons. The molecule has 0 bridgehead atoms. The Bertz CT molecular complexity index is 510. The van der Waals surface area contributed by atoms with Gasteiger partial charge in [0.15, 0.2) is 5.96 Å². The van der Waals surface area contributed by atoms with Gasteiger partial charge in [-0.15, -0.1) is 24.0 Å². The first kappa shape index (κ1) is 26.1. The lowest BCUT2D eigenvalue weighted by Gasteiger charge is -2.39. The molecule has 0 aromatic heterocycles. The average Bonchev–Trinajstić information content (AvgIpc) is 2.65. The van der Waals surface area contributed by atoms with Crippen molar-refractivity contribution >= 4 is 40.7 Å². The second-order valence-electron chi connectivity index (χ2n) is 9.08. The molecule has 7 heteroatoms. The van der Waals surface area contributed by atoms with Gasteiger partial charge in [0.05, 0.1) is 6.10 Å². The summed E-state index contributed by atoms with van der Waals surface area (Å²) in [7, 11) is -0.692. The van der Waals surface area contributed by atoms with Crippen molar-refractivity contribution < 1.29 is 8.95 Å². The third kappa shape index (κ3) is 8.09. The molecule has 2 aliphatic rings. The summed E-state index contributed by atoms with van der Waals surface area (Å²) < 4.78 is 18.3. The highest BCUT2D eigenvalue weighted by atomic mass is 127. The molecular formula is C21H42IN3O2S. The molecule has 1 saturated heterocycles. The Morgan fingerprint density at radius 2 is 1.93 bits per heavy atom. The van der Waals surface area contributed by atoms with E-state index in [1.54, 1.807) is 0 Å². The van der Waals surface area contributed by atoms with Gasteiger partial charge in [-0.2, -0.15) is 0 Å². The molecule has 0 spiro atoms. The maximum Gasteiger partial charge on any atom is 0.191 e. The second kappa shape index (κ2) is 12.7. The van der Waals surface area contributed by atoms with Gasteiger partial charge in [-0.3, -0.25) is 9.20 Å². The molecule has 2 fully saturated rings. The van der Waals surface area contributed by atoms with E-state index in [0.717, 1.165) is 63.5 Å². The van der Waals surface area contributed by atoms with E-state index < -0.39 is 10.8 Å². The van der Waals surface area contributed by atoms with Crippen molar-refractivity contribution in [3.8, 4) is 0 Å². The Labute approximate surface area is 192 Å². The van der Waals surface area contributed by atoms with Crippen molar-refractivity contribution in [3.63, 3.8) is 0 Å². The van der Waals surface area contributed by atoms with E-state index in [0.29, 0.717) is 17.2 Å². The number of nitrogens with zero attached hydrogens (tertiary/aromatic N) is 1. The Morgan fingerprint density at radius 1 is 1.18 bits per heavy atom. The van der Waals surface area contributed by atoms with E-state index in [1.807, 2.05) is 6.92 Å². The van der Waals surface area contributed by atoms with E-state index in [2.05, 4.69) is 38.3 Å². The van der Waals surface area contributed by atoms with Crippen molar-refractivity contribution in [1.82, 2.24) is 10.6 Å². The van der Waals surface area contributed by atoms with Gasteiger partial charge in [0.25, 0.3) is 0 Å². The molecule has 1 heterocycles. The molecule has 1 aliphatic heterocycles. The number of ether oxygens (including phenoxy) is 1. The zero-order valence-electron chi connectivity index (χ0n) is 18.5. The standard InChI is InChI=1S/C21H41N3O2S.HI/c1-6-22-20(24-17-11-8-12-18(14-17)27(25)7-2)23-15-16-10-9-13-26-19(16)21(3,4)5;/h16-19H,6-15H2,1-5H3,(H2,22,23,24);1H. The first-order valence-corrected chi connectivity index (χ1v) is 12.3. The molecule has 166 valence electrons. The lowest BCUT2D eigenvalue weighted by atomic mass is 9.78. The van der Waals surface area contributed by atoms with Crippen LogP contribution in [0.3, 0.4) is 0 Å². The van der Waals surface area contributed by atoms with Gasteiger partial charge in [-0.25, -0.2) is 0 Å². The fourth-order valence-corrected chi connectivity index (χ4v) is 5.81. The maximum atomic E-state index is 12.2. The van der Waals surface area contributed by atoms with E-state index >= 15 is 0 Å². The molecule has 1 aliphatic carbocycles. The minimum atomic E-state index is -0.692. The lowest BCUT2D eigenvalue weighted by Crippen LogP contribution is -2.47. The molecule has 2 N–H and O–H groups in total. The predicted octanol–water partition coefficient (Wildman–Crippen LogP) is 4.08. The molecule has 5 nitrogen and oxygen atoms in total. The van der Waals surface area contributed by atoms with Crippen molar-refractivity contribution in [2.24, 2.45) is 16.3 Å². The monoisotopic (exact) mass is 527 g/mol. The number of guanidine groups is 1. The summed E-state index contributed by atoms with van der Waals surface area (Å²) in [4.78, 5) is 4.92. The van der Waals surface area contributed by atoms with E-state index in [9.17, 15) is 4.21 Å². The van der Waals surface area contributed by atoms with Crippen LogP contribution in [0.25, 0.3) is 0 Å². The molecule has 28 heavy (non-hydrogen) atoms. The number of hydrogen-bond donors (Lipinski definition) is 2. The predicted molar refractivity (Wildman–Crippen MR) is 131 cm³/mol. The van der Waals surface area contributed by atoms with Crippen LogP contribution in [-0.4, -0.2) is 53.0 Å². The zero-order valence-corrected chi connectivity index (χ0v) is 21.6. The normalized spacial score (nSPS) is 30.2. The topological polar surface area (TPSA) is 62.7 Å². The highest BCUT2D eigenvalue weighted by molar-refractivity contribution is 14.0. The minimum Gasteiger partial charge on any atom is -0.377 e. The highest BCUT2D eigenvalue weighted by Gasteiger charge is 2.35. The van der Waals surface area contributed by atoms with Crippen LogP contribution in [0.2, 0.25) is 0 Å². The lowest BCUT2D eigenvalue weighted by molar-refractivity contribution is -0.0823. The summed E-state index contributed by atoms with van der Waals surface area (Å²) in [5, 5.41) is 7.36. The molecule has 0 aromatic rings. The van der Waals surface area contributed by atoms with Gasteiger partial charge >= 0.3 is 0 Å². The Morgan fingerprint density at radius 3 is 2.57 bits per heavy atom. The third-order valence-corrected chi connectivity index (χ3v) is 7.49. The molecule has 2 rings (SSSR count). The third-order valence-electron chi connectivity index (χ3n) is 5.75. The fraction of sp³-hybridized carbons (Fsp3) is 0.952. The van der Waals surface area contributed by atoms with Crippen LogP contribution in [0.5, 0.6) is 0 Å². The number of nitrogens with one attached hydrogen (secondary N) is 2. The molecule has 5 unspecified atom stereocenters. The summed E-state index contributed by atoms with van der Waals surface area (Å²) >= 11 is 0. The quantitative estimate of drug-likeness (QED) is 0.311. The summed E-state index contributed by atoms with van der Waals surface area (Å²) in [6.07, 6.45) is 6.95. The first-order valence-electron chi connectivity index (χ1n) is 10.9. The van der Waals surface area contributed by atoms with E-state index in [-0.39, 0.29) is 35.5 Å². The second-order valence-corrected chi connectivity index (χ2v) is 11.1. The number of aliphatic imine (C=N–C) groups is 1. The first-order chi connectivity index (χ1) is 12.8. The Balaban J connectivity index is 0.00000392. The van der Waals surface area contributed by atoms with E-state index in [1.165, 1.54) is 6.42 Å². The molecular weight excluding hydrogens is 485 g/mol. The zero-order chi connectivity index (χ0) is 19.9.